The third kappa shape index (κ3) is 3.02. The first kappa shape index (κ1) is 9.21. The second kappa shape index (κ2) is 3.24. The van der Waals surface area contributed by atoms with Gasteiger partial charge in [0.2, 0.25) is 10.0 Å². The Bertz CT molecular complexity index is 361. The van der Waals surface area contributed by atoms with E-state index in [1.165, 1.54) is 12.1 Å². The third-order valence-corrected chi connectivity index (χ3v) is 1.70. The molecule has 0 fully saturated rings. The maximum atomic E-state index is 10.7. The van der Waals surface area contributed by atoms with Crippen LogP contribution in [0, 0.1) is 0 Å². The van der Waals surface area contributed by atoms with E-state index in [0.29, 0.717) is 0 Å². The Morgan fingerprint density at radius 2 is 2.08 bits per heavy atom. The summed E-state index contributed by atoms with van der Waals surface area (Å²) < 4.78 is 23.5. The van der Waals surface area contributed by atoms with E-state index < -0.39 is 10.0 Å². The van der Waals surface area contributed by atoms with Crippen LogP contribution in [-0.4, -0.2) is 24.9 Å². The summed E-state index contributed by atoms with van der Waals surface area (Å²) in [6, 6.07) is 2.87. The number of hydrogen-bond donors (Lipinski definition) is 1. The van der Waals surface area contributed by atoms with Gasteiger partial charge in [0.1, 0.15) is 0 Å². The monoisotopic (exact) mass is 207 g/mol. The molecular weight excluding hydrogens is 202 g/mol. The van der Waals surface area contributed by atoms with Gasteiger partial charge in [-0.3, -0.25) is 4.72 Å². The zero-order valence-electron chi connectivity index (χ0n) is 6.15. The van der Waals surface area contributed by atoms with Crippen LogP contribution in [0.15, 0.2) is 12.1 Å². The van der Waals surface area contributed by atoms with Gasteiger partial charge in [-0.05, 0) is 12.1 Å². The highest BCUT2D eigenvalue weighted by atomic mass is 35.5. The van der Waals surface area contributed by atoms with Crippen LogP contribution in [0.25, 0.3) is 0 Å². The van der Waals surface area contributed by atoms with Crippen molar-refractivity contribution in [1.82, 2.24) is 10.2 Å². The average molecular weight is 208 g/mol. The summed E-state index contributed by atoms with van der Waals surface area (Å²) in [5.41, 5.74) is 0. The Hall–Kier alpha value is -0.880. The molecule has 1 aromatic heterocycles. The predicted molar refractivity (Wildman–Crippen MR) is 45.5 cm³/mol. The van der Waals surface area contributed by atoms with E-state index in [1.807, 2.05) is 0 Å². The minimum atomic E-state index is -3.29. The lowest BCUT2D eigenvalue weighted by Crippen LogP contribution is -2.11. The van der Waals surface area contributed by atoms with Crippen molar-refractivity contribution in [3.8, 4) is 0 Å². The highest BCUT2D eigenvalue weighted by Crippen LogP contribution is 2.06. The van der Waals surface area contributed by atoms with E-state index in [9.17, 15) is 8.42 Å². The van der Waals surface area contributed by atoms with Crippen LogP contribution in [-0.2, 0) is 10.0 Å². The number of sulfonamides is 1. The molecule has 1 N–H and O–H groups in total. The topological polar surface area (TPSA) is 72.0 Å². The van der Waals surface area contributed by atoms with Gasteiger partial charge in [0.25, 0.3) is 0 Å². The van der Waals surface area contributed by atoms with Crippen LogP contribution in [0.1, 0.15) is 0 Å². The normalized spacial score (nSPS) is 11.2. The highest BCUT2D eigenvalue weighted by molar-refractivity contribution is 7.92. The first-order chi connectivity index (χ1) is 5.47. The van der Waals surface area contributed by atoms with E-state index in [1.54, 1.807) is 0 Å². The molecular formula is C5H6ClN3O2S. The van der Waals surface area contributed by atoms with Gasteiger partial charge in [0.05, 0.1) is 6.26 Å². The van der Waals surface area contributed by atoms with Crippen molar-refractivity contribution in [3.63, 3.8) is 0 Å². The van der Waals surface area contributed by atoms with Crippen LogP contribution in [0.4, 0.5) is 5.82 Å². The lowest BCUT2D eigenvalue weighted by molar-refractivity contribution is 0.606. The molecule has 0 saturated heterocycles. The van der Waals surface area contributed by atoms with E-state index in [-0.39, 0.29) is 11.0 Å². The molecule has 0 atom stereocenters. The van der Waals surface area contributed by atoms with Crippen LogP contribution >= 0.6 is 11.6 Å². The maximum absolute atomic E-state index is 10.7. The Labute approximate surface area is 74.8 Å². The number of rotatable bonds is 2. The van der Waals surface area contributed by atoms with Crippen molar-refractivity contribution in [2.45, 2.75) is 0 Å². The molecule has 0 saturated carbocycles. The Morgan fingerprint density at radius 1 is 1.42 bits per heavy atom. The zero-order chi connectivity index (χ0) is 9.19. The summed E-state index contributed by atoms with van der Waals surface area (Å²) in [4.78, 5) is 0. The fourth-order valence-electron chi connectivity index (χ4n) is 0.560. The molecule has 1 rings (SSSR count). The number of nitrogens with one attached hydrogen (secondary N) is 1. The smallest absolute Gasteiger partial charge is 0.231 e. The van der Waals surface area contributed by atoms with Crippen molar-refractivity contribution in [2.75, 3.05) is 11.0 Å². The van der Waals surface area contributed by atoms with Crippen LogP contribution in [0.5, 0.6) is 0 Å². The van der Waals surface area contributed by atoms with Crippen LogP contribution < -0.4 is 4.72 Å². The van der Waals surface area contributed by atoms with Crippen LogP contribution in [0.3, 0.4) is 0 Å². The lowest BCUT2D eigenvalue weighted by Gasteiger charge is -1.99. The van der Waals surface area contributed by atoms with Gasteiger partial charge in [0, 0.05) is 0 Å². The van der Waals surface area contributed by atoms with E-state index in [4.69, 9.17) is 11.6 Å². The maximum Gasteiger partial charge on any atom is 0.231 e. The summed E-state index contributed by atoms with van der Waals surface area (Å²) in [5.74, 6) is 0.155. The summed E-state index contributed by atoms with van der Waals surface area (Å²) in [7, 11) is -3.29. The summed E-state index contributed by atoms with van der Waals surface area (Å²) >= 11 is 5.43. The van der Waals surface area contributed by atoms with Crippen LogP contribution in [0.2, 0.25) is 5.15 Å². The SMILES string of the molecule is CS(=O)(=O)Nc1ccc(Cl)nn1. The van der Waals surface area contributed by atoms with E-state index in [2.05, 4.69) is 14.9 Å². The van der Waals surface area contributed by atoms with E-state index in [0.717, 1.165) is 6.26 Å². The molecule has 0 aliphatic heterocycles. The molecule has 0 aliphatic rings. The molecule has 5 nitrogen and oxygen atoms in total. The molecule has 0 bridgehead atoms. The quantitative estimate of drug-likeness (QED) is 0.767. The largest absolute Gasteiger partial charge is 0.266 e. The van der Waals surface area contributed by atoms with Crippen molar-refractivity contribution < 1.29 is 8.42 Å². The molecule has 0 unspecified atom stereocenters. The van der Waals surface area contributed by atoms with Gasteiger partial charge in [-0.25, -0.2) is 8.42 Å². The number of aromatic nitrogens is 2. The first-order valence-corrected chi connectivity index (χ1v) is 5.21. The molecule has 0 radical (unpaired) electrons. The zero-order valence-corrected chi connectivity index (χ0v) is 7.72. The van der Waals surface area contributed by atoms with Gasteiger partial charge in [0.15, 0.2) is 11.0 Å². The fourth-order valence-corrected chi connectivity index (χ4v) is 1.15. The average Bonchev–Trinajstić information content (AvgIpc) is 1.91. The van der Waals surface area contributed by atoms with Crippen molar-refractivity contribution in [2.24, 2.45) is 0 Å². The minimum Gasteiger partial charge on any atom is -0.266 e. The first-order valence-electron chi connectivity index (χ1n) is 2.94. The van der Waals surface area contributed by atoms with Gasteiger partial charge < -0.3 is 0 Å². The van der Waals surface area contributed by atoms with Crippen molar-refractivity contribution in [3.05, 3.63) is 17.3 Å². The molecule has 0 aromatic carbocycles. The summed E-state index contributed by atoms with van der Waals surface area (Å²) in [6.07, 6.45) is 1.03. The Morgan fingerprint density at radius 3 is 2.50 bits per heavy atom. The molecule has 7 heteroatoms. The number of anilines is 1. The Balaban J connectivity index is 2.85. The van der Waals surface area contributed by atoms with Gasteiger partial charge in [-0.15, -0.1) is 10.2 Å². The third-order valence-electron chi connectivity index (χ3n) is 0.922. The summed E-state index contributed by atoms with van der Waals surface area (Å²) in [5, 5.41) is 7.16. The van der Waals surface area contributed by atoms with Crippen molar-refractivity contribution in [1.29, 1.82) is 0 Å². The van der Waals surface area contributed by atoms with E-state index >= 15 is 0 Å². The molecule has 12 heavy (non-hydrogen) atoms. The van der Waals surface area contributed by atoms with Gasteiger partial charge in [-0.2, -0.15) is 0 Å². The Kier molecular flexibility index (Phi) is 2.49. The van der Waals surface area contributed by atoms with Gasteiger partial charge in [-0.1, -0.05) is 11.6 Å². The molecule has 66 valence electrons. The molecule has 1 aromatic rings. The highest BCUT2D eigenvalue weighted by Gasteiger charge is 2.02. The second-order valence-corrected chi connectivity index (χ2v) is 4.25. The second-order valence-electron chi connectivity index (χ2n) is 2.12. The van der Waals surface area contributed by atoms with Crippen molar-refractivity contribution >= 4 is 27.4 Å². The predicted octanol–water partition coefficient (Wildman–Crippen LogP) is 0.501. The molecule has 0 spiro atoms. The molecule has 1 heterocycles. The standard InChI is InChI=1S/C5H6ClN3O2S/c1-12(10,11)9-5-3-2-4(6)7-8-5/h2-3H,1H3,(H,8,9). The number of hydrogen-bond acceptors (Lipinski definition) is 4. The van der Waals surface area contributed by atoms with Gasteiger partial charge >= 0.3 is 0 Å². The lowest BCUT2D eigenvalue weighted by atomic mass is 10.5. The fraction of sp³-hybridized carbons (Fsp3) is 0.200. The molecule has 0 amide bonds. The summed E-state index contributed by atoms with van der Waals surface area (Å²) in [6.45, 7) is 0. The minimum absolute atomic E-state index is 0.155. The number of halogens is 1. The molecule has 0 aliphatic carbocycles. The number of nitrogens with zero attached hydrogens (tertiary/aromatic N) is 2.